The van der Waals surface area contributed by atoms with Crippen molar-refractivity contribution < 1.29 is 25.2 Å². The summed E-state index contributed by atoms with van der Waals surface area (Å²) in [6, 6.07) is 19.7. The number of amides is 1. The average Bonchev–Trinajstić information content (AvgIpc) is 3.58. The Hall–Kier alpha value is -3.64. The Balaban J connectivity index is 0.00000320. The number of nitrogens with one attached hydrogen (secondary N) is 1. The van der Waals surface area contributed by atoms with Gasteiger partial charge in [-0.2, -0.15) is 0 Å². The normalized spacial score (nSPS) is 14.9. The van der Waals surface area contributed by atoms with Crippen molar-refractivity contribution in [2.45, 2.75) is 38.0 Å². The Morgan fingerprint density at radius 2 is 1.78 bits per heavy atom. The van der Waals surface area contributed by atoms with Crippen molar-refractivity contribution in [2.24, 2.45) is 0 Å². The summed E-state index contributed by atoms with van der Waals surface area (Å²) < 4.78 is 16.0. The molecule has 3 aromatic rings. The number of fused-ring (bicyclic) bond motifs is 1. The molecule has 1 aliphatic heterocycles. The van der Waals surface area contributed by atoms with Crippen molar-refractivity contribution in [3.8, 4) is 22.6 Å². The van der Waals surface area contributed by atoms with E-state index in [1.54, 1.807) is 7.11 Å². The number of carbonyl (C=O) groups excluding carboxylic acids is 2. The van der Waals surface area contributed by atoms with Crippen molar-refractivity contribution >= 4 is 11.7 Å². The smallest absolute Gasteiger partial charge is 0.251 e. The summed E-state index contributed by atoms with van der Waals surface area (Å²) in [5.74, 6) is 1.60. The predicted molar refractivity (Wildman–Crippen MR) is 140 cm³/mol. The molecule has 0 saturated heterocycles. The van der Waals surface area contributed by atoms with Crippen molar-refractivity contribution in [3.05, 3.63) is 82.9 Å². The first kappa shape index (κ1) is 24.1. The van der Waals surface area contributed by atoms with E-state index in [2.05, 4.69) is 24.4 Å². The fourth-order valence-corrected chi connectivity index (χ4v) is 4.81. The molecule has 1 heterocycles. The third-order valence-electron chi connectivity index (χ3n) is 7.14. The maximum absolute atomic E-state index is 13.5. The fraction of sp³-hybridized carbons (Fsp3) is 0.333. The minimum Gasteiger partial charge on any atom is -0.454 e. The first-order valence-corrected chi connectivity index (χ1v) is 12.4. The number of Topliss-reactive ketones (excluding diaryl/α,β-unsaturated/α-hetero) is 1. The van der Waals surface area contributed by atoms with Crippen LogP contribution in [0, 0.1) is 6.92 Å². The van der Waals surface area contributed by atoms with E-state index < -0.39 is 5.41 Å². The lowest BCUT2D eigenvalue weighted by molar-refractivity contribution is -0.120. The summed E-state index contributed by atoms with van der Waals surface area (Å²) in [5.41, 5.74) is 5.42. The maximum atomic E-state index is 13.5. The Morgan fingerprint density at radius 3 is 2.53 bits per heavy atom. The lowest BCUT2D eigenvalue weighted by Crippen LogP contribution is -2.25. The quantitative estimate of drug-likeness (QED) is 0.396. The van der Waals surface area contributed by atoms with Crippen LogP contribution in [-0.4, -0.2) is 38.7 Å². The molecule has 0 unspecified atom stereocenters. The van der Waals surface area contributed by atoms with Crippen LogP contribution in [0.5, 0.6) is 11.5 Å². The zero-order chi connectivity index (χ0) is 25.1. The van der Waals surface area contributed by atoms with Gasteiger partial charge < -0.3 is 19.5 Å². The molecular formula is C30H33NO5. The van der Waals surface area contributed by atoms with Gasteiger partial charge in [-0.05, 0) is 78.3 Å². The first-order valence-electron chi connectivity index (χ1n) is 12.4. The van der Waals surface area contributed by atoms with Crippen LogP contribution in [0.3, 0.4) is 0 Å². The highest BCUT2D eigenvalue weighted by Gasteiger charge is 2.50. The average molecular weight is 488 g/mol. The molecule has 2 aliphatic rings. The topological polar surface area (TPSA) is 73.9 Å². The number of methoxy groups -OCH3 is 1. The second kappa shape index (κ2) is 10.2. The predicted octanol–water partition coefficient (Wildman–Crippen LogP) is 5.25. The summed E-state index contributed by atoms with van der Waals surface area (Å²) in [4.78, 5) is 25.8. The van der Waals surface area contributed by atoms with Crippen LogP contribution in [0.25, 0.3) is 11.1 Å². The van der Waals surface area contributed by atoms with Crippen molar-refractivity contribution in [1.29, 1.82) is 0 Å². The van der Waals surface area contributed by atoms with Gasteiger partial charge in [0.2, 0.25) is 6.79 Å². The van der Waals surface area contributed by atoms with E-state index in [9.17, 15) is 9.59 Å². The number of rotatable bonds is 10. The van der Waals surface area contributed by atoms with Gasteiger partial charge in [0, 0.05) is 33.7 Å². The molecule has 0 radical (unpaired) electrons. The van der Waals surface area contributed by atoms with E-state index in [1.165, 1.54) is 0 Å². The van der Waals surface area contributed by atoms with Gasteiger partial charge in [-0.25, -0.2) is 0 Å². The van der Waals surface area contributed by atoms with Gasteiger partial charge in [0.1, 0.15) is 5.78 Å². The molecule has 3 aromatic carbocycles. The first-order chi connectivity index (χ1) is 17.5. The molecule has 0 atom stereocenters. The van der Waals surface area contributed by atoms with Crippen LogP contribution in [0.2, 0.25) is 0 Å². The zero-order valence-corrected chi connectivity index (χ0v) is 20.8. The van der Waals surface area contributed by atoms with Crippen LogP contribution in [0.15, 0.2) is 60.7 Å². The summed E-state index contributed by atoms with van der Waals surface area (Å²) in [6.45, 7) is 3.49. The summed E-state index contributed by atoms with van der Waals surface area (Å²) in [7, 11) is 1.65. The lowest BCUT2D eigenvalue weighted by Gasteiger charge is -2.16. The van der Waals surface area contributed by atoms with Crippen LogP contribution in [0.4, 0.5) is 0 Å². The molecule has 1 fully saturated rings. The highest BCUT2D eigenvalue weighted by molar-refractivity contribution is 5.95. The van der Waals surface area contributed by atoms with E-state index in [0.717, 1.165) is 58.6 Å². The van der Waals surface area contributed by atoms with Gasteiger partial charge in [-0.3, -0.25) is 9.59 Å². The Morgan fingerprint density at radius 1 is 1.00 bits per heavy atom. The Labute approximate surface area is 213 Å². The van der Waals surface area contributed by atoms with Crippen molar-refractivity contribution in [1.82, 2.24) is 5.32 Å². The summed E-state index contributed by atoms with van der Waals surface area (Å²) in [5, 5.41) is 2.91. The zero-order valence-electron chi connectivity index (χ0n) is 20.8. The Bertz CT molecular complexity index is 1280. The number of aryl methyl sites for hydroxylation is 1. The minimum absolute atomic E-state index is 0. The van der Waals surface area contributed by atoms with Crippen LogP contribution < -0.4 is 14.8 Å². The third-order valence-corrected chi connectivity index (χ3v) is 7.14. The largest absolute Gasteiger partial charge is 0.454 e. The van der Waals surface area contributed by atoms with Gasteiger partial charge >= 0.3 is 0 Å². The van der Waals surface area contributed by atoms with Gasteiger partial charge in [-0.1, -0.05) is 36.4 Å². The van der Waals surface area contributed by atoms with Crippen molar-refractivity contribution in [3.63, 3.8) is 0 Å². The van der Waals surface area contributed by atoms with Crippen LogP contribution in [-0.2, 0) is 21.4 Å². The number of carbonyl (C=O) groups is 2. The minimum atomic E-state index is -0.426. The lowest BCUT2D eigenvalue weighted by atomic mass is 9.87. The molecule has 0 spiro atoms. The van der Waals surface area contributed by atoms with Gasteiger partial charge in [0.05, 0.1) is 5.41 Å². The molecule has 5 rings (SSSR count). The number of hydrogen-bond acceptors (Lipinski definition) is 5. The molecule has 0 bridgehead atoms. The number of ether oxygens (including phenoxy) is 3. The maximum Gasteiger partial charge on any atom is 0.251 e. The molecule has 1 amide bonds. The molecule has 1 N–H and O–H groups in total. The number of benzene rings is 3. The molecule has 1 aliphatic carbocycles. The van der Waals surface area contributed by atoms with E-state index in [4.69, 9.17) is 14.2 Å². The molecular weight excluding hydrogens is 454 g/mol. The van der Waals surface area contributed by atoms with Crippen LogP contribution >= 0.6 is 0 Å². The SMILES string of the molecule is COCCCNC(=O)c1ccc(-c2cc(CC(=O)C3(c4ccc5c(c4)OCO5)CC3)ccc2C)cc1.[HH]. The van der Waals surface area contributed by atoms with Gasteiger partial charge in [-0.15, -0.1) is 0 Å². The van der Waals surface area contributed by atoms with Crippen molar-refractivity contribution in [2.75, 3.05) is 27.1 Å². The molecule has 6 nitrogen and oxygen atoms in total. The molecule has 36 heavy (non-hydrogen) atoms. The van der Waals surface area contributed by atoms with E-state index in [1.807, 2.05) is 48.5 Å². The van der Waals surface area contributed by atoms with Gasteiger partial charge in [0.15, 0.2) is 11.5 Å². The van der Waals surface area contributed by atoms with E-state index in [-0.39, 0.29) is 19.9 Å². The molecule has 6 heteroatoms. The van der Waals surface area contributed by atoms with Crippen LogP contribution in [0.1, 0.15) is 47.7 Å². The number of hydrogen-bond donors (Lipinski definition) is 1. The van der Waals surface area contributed by atoms with Gasteiger partial charge in [0.25, 0.3) is 5.91 Å². The van der Waals surface area contributed by atoms with E-state index in [0.29, 0.717) is 25.1 Å². The highest BCUT2D eigenvalue weighted by atomic mass is 16.7. The fourth-order valence-electron chi connectivity index (χ4n) is 4.81. The second-order valence-electron chi connectivity index (χ2n) is 9.58. The highest BCUT2D eigenvalue weighted by Crippen LogP contribution is 2.51. The Kier molecular flexibility index (Phi) is 6.79. The molecule has 0 aromatic heterocycles. The summed E-state index contributed by atoms with van der Waals surface area (Å²) >= 11 is 0. The molecule has 188 valence electrons. The summed E-state index contributed by atoms with van der Waals surface area (Å²) in [6.07, 6.45) is 2.88. The monoisotopic (exact) mass is 487 g/mol. The number of ketones is 1. The third kappa shape index (κ3) is 4.86. The second-order valence-corrected chi connectivity index (χ2v) is 9.58. The molecule has 1 saturated carbocycles. The standard InChI is InChI=1S/C30H31NO5.H2/c1-20-4-5-21(16-25(20)22-6-8-23(9-7-22)29(33)31-14-3-15-34-2)17-28(32)30(12-13-30)24-10-11-26-27(18-24)36-19-35-26;/h4-11,16,18H,3,12-15,17,19H2,1-2H3,(H,31,33);1H. The van der Waals surface area contributed by atoms with E-state index >= 15 is 0 Å².